The van der Waals surface area contributed by atoms with Gasteiger partial charge in [-0.1, -0.05) is 28.4 Å². The van der Waals surface area contributed by atoms with Crippen molar-refractivity contribution in [1.82, 2.24) is 10.1 Å². The van der Waals surface area contributed by atoms with Crippen LogP contribution in [-0.4, -0.2) is 17.2 Å². The van der Waals surface area contributed by atoms with Crippen LogP contribution in [0.5, 0.6) is 0 Å². The molecule has 0 bridgehead atoms. The number of nitrogens with one attached hydrogen (secondary N) is 1. The summed E-state index contributed by atoms with van der Waals surface area (Å²) in [6.07, 6.45) is -2.90. The van der Waals surface area contributed by atoms with Gasteiger partial charge in [-0.2, -0.15) is 18.2 Å². The van der Waals surface area contributed by atoms with Crippen LogP contribution in [-0.2, 0) is 11.6 Å². The zero-order chi connectivity index (χ0) is 20.1. The molecule has 4 rings (SSSR count). The predicted octanol–water partition coefficient (Wildman–Crippen LogP) is 6.18. The first kappa shape index (κ1) is 19.1. The van der Waals surface area contributed by atoms with E-state index in [1.807, 2.05) is 0 Å². The average molecular weight is 428 g/mol. The quantitative estimate of drug-likeness (QED) is 0.539. The van der Waals surface area contributed by atoms with Gasteiger partial charge in [0.25, 0.3) is 5.89 Å². The van der Waals surface area contributed by atoms with Crippen molar-refractivity contribution >= 4 is 28.9 Å². The summed E-state index contributed by atoms with van der Waals surface area (Å²) in [5, 5.41) is 8.04. The number of nitrogens with zero attached hydrogens (tertiary/aromatic N) is 2. The third kappa shape index (κ3) is 3.22. The Bertz CT molecular complexity index is 1000. The van der Waals surface area contributed by atoms with Gasteiger partial charge in [0.2, 0.25) is 0 Å². The van der Waals surface area contributed by atoms with Crippen LogP contribution in [0.2, 0.25) is 10.0 Å². The molecule has 2 aromatic carbocycles. The summed E-state index contributed by atoms with van der Waals surface area (Å²) in [5.41, 5.74) is 0.638. The fourth-order valence-corrected chi connectivity index (χ4v) is 4.07. The van der Waals surface area contributed by atoms with E-state index in [0.29, 0.717) is 21.4 Å². The number of hydrogen-bond donors (Lipinski definition) is 1. The molecule has 0 spiro atoms. The van der Waals surface area contributed by atoms with Gasteiger partial charge in [0.15, 0.2) is 5.82 Å². The van der Waals surface area contributed by atoms with Gasteiger partial charge in [-0.15, -0.1) is 0 Å². The Morgan fingerprint density at radius 1 is 1.07 bits per heavy atom. The Morgan fingerprint density at radius 2 is 1.68 bits per heavy atom. The lowest BCUT2D eigenvalue weighted by atomic mass is 9.94. The van der Waals surface area contributed by atoms with Gasteiger partial charge in [-0.25, -0.2) is 0 Å². The van der Waals surface area contributed by atoms with Crippen molar-refractivity contribution in [2.75, 3.05) is 12.4 Å². The van der Waals surface area contributed by atoms with Crippen LogP contribution in [0.1, 0.15) is 29.8 Å². The van der Waals surface area contributed by atoms with E-state index in [4.69, 9.17) is 27.7 Å². The second kappa shape index (κ2) is 6.67. The number of hydrogen-bond acceptors (Lipinski definition) is 4. The number of anilines is 1. The summed E-state index contributed by atoms with van der Waals surface area (Å²) in [5.74, 6) is 0.567. The number of rotatable bonds is 4. The SMILES string of the molecule is CNc1cc(Cl)c(C2(c3noc(-c4ccc(C(F)(F)F)cc4)n3)CC2)c(Cl)c1. The van der Waals surface area contributed by atoms with Crippen molar-refractivity contribution in [3.05, 3.63) is 63.4 Å². The van der Waals surface area contributed by atoms with Gasteiger partial charge in [-0.05, 0) is 49.2 Å². The van der Waals surface area contributed by atoms with Crippen LogP contribution < -0.4 is 5.32 Å². The molecule has 1 heterocycles. The predicted molar refractivity (Wildman–Crippen MR) is 101 cm³/mol. The highest BCUT2D eigenvalue weighted by molar-refractivity contribution is 6.36. The highest BCUT2D eigenvalue weighted by atomic mass is 35.5. The second-order valence-corrected chi connectivity index (χ2v) is 7.46. The average Bonchev–Trinajstić information content (AvgIpc) is 3.27. The Hall–Kier alpha value is -2.25. The first-order valence-corrected chi connectivity index (χ1v) is 9.19. The Balaban J connectivity index is 1.68. The topological polar surface area (TPSA) is 51.0 Å². The van der Waals surface area contributed by atoms with Gasteiger partial charge in [0.05, 0.1) is 11.0 Å². The van der Waals surface area contributed by atoms with Crippen molar-refractivity contribution in [3.63, 3.8) is 0 Å². The van der Waals surface area contributed by atoms with Gasteiger partial charge >= 0.3 is 6.18 Å². The molecular weight excluding hydrogens is 414 g/mol. The Kier molecular flexibility index (Phi) is 4.55. The molecule has 0 amide bonds. The first-order chi connectivity index (χ1) is 13.2. The molecule has 1 aliphatic carbocycles. The van der Waals surface area contributed by atoms with Crippen LogP contribution in [0.4, 0.5) is 18.9 Å². The summed E-state index contributed by atoms with van der Waals surface area (Å²) in [6, 6.07) is 8.13. The number of halogens is 5. The lowest BCUT2D eigenvalue weighted by Crippen LogP contribution is -2.13. The Labute approximate surface area is 168 Å². The minimum absolute atomic E-state index is 0.147. The molecule has 1 N–H and O–H groups in total. The minimum atomic E-state index is -4.40. The molecular formula is C19H14Cl2F3N3O. The van der Waals surface area contributed by atoms with E-state index >= 15 is 0 Å². The molecule has 1 saturated carbocycles. The molecule has 0 unspecified atom stereocenters. The third-order valence-corrected chi connectivity index (χ3v) is 5.47. The first-order valence-electron chi connectivity index (χ1n) is 8.44. The van der Waals surface area contributed by atoms with E-state index in [1.165, 1.54) is 12.1 Å². The summed E-state index contributed by atoms with van der Waals surface area (Å²) in [6.45, 7) is 0. The maximum Gasteiger partial charge on any atom is 0.416 e. The van der Waals surface area contributed by atoms with E-state index in [-0.39, 0.29) is 5.89 Å². The molecule has 1 aliphatic rings. The van der Waals surface area contributed by atoms with Crippen molar-refractivity contribution in [1.29, 1.82) is 0 Å². The molecule has 146 valence electrons. The van der Waals surface area contributed by atoms with Crippen LogP contribution >= 0.6 is 23.2 Å². The zero-order valence-electron chi connectivity index (χ0n) is 14.6. The molecule has 0 atom stereocenters. The van der Waals surface area contributed by atoms with E-state index in [1.54, 1.807) is 19.2 Å². The van der Waals surface area contributed by atoms with Crippen molar-refractivity contribution in [3.8, 4) is 11.5 Å². The normalized spacial score (nSPS) is 15.5. The lowest BCUT2D eigenvalue weighted by Gasteiger charge is -2.16. The van der Waals surface area contributed by atoms with E-state index in [0.717, 1.165) is 36.2 Å². The number of aromatic nitrogens is 2. The summed E-state index contributed by atoms with van der Waals surface area (Å²) < 4.78 is 43.5. The molecule has 3 aromatic rings. The maximum atomic E-state index is 12.7. The van der Waals surface area contributed by atoms with Gasteiger partial charge in [0, 0.05) is 33.9 Å². The molecule has 0 saturated heterocycles. The fraction of sp³-hybridized carbons (Fsp3) is 0.263. The van der Waals surface area contributed by atoms with Crippen molar-refractivity contribution < 1.29 is 17.7 Å². The summed E-state index contributed by atoms with van der Waals surface area (Å²) in [4.78, 5) is 4.42. The summed E-state index contributed by atoms with van der Waals surface area (Å²) >= 11 is 12.9. The molecule has 0 aliphatic heterocycles. The fourth-order valence-electron chi connectivity index (χ4n) is 3.22. The van der Waals surface area contributed by atoms with Crippen LogP contribution in [0.15, 0.2) is 40.9 Å². The molecule has 9 heteroatoms. The highest BCUT2D eigenvalue weighted by Crippen LogP contribution is 2.57. The van der Waals surface area contributed by atoms with E-state index in [2.05, 4.69) is 15.5 Å². The van der Waals surface area contributed by atoms with E-state index in [9.17, 15) is 13.2 Å². The smallest absolute Gasteiger partial charge is 0.388 e. The van der Waals surface area contributed by atoms with Gasteiger partial charge in [0.1, 0.15) is 0 Å². The standard InChI is InChI=1S/C19H14Cl2F3N3O/c1-25-12-8-13(20)15(14(21)9-12)18(6-7-18)17-26-16(28-27-17)10-2-4-11(5-3-10)19(22,23)24/h2-5,8-9,25H,6-7H2,1H3. The largest absolute Gasteiger partial charge is 0.416 e. The van der Waals surface area contributed by atoms with Gasteiger partial charge < -0.3 is 9.84 Å². The second-order valence-electron chi connectivity index (χ2n) is 6.65. The molecule has 1 aromatic heterocycles. The van der Waals surface area contributed by atoms with Crippen LogP contribution in [0.25, 0.3) is 11.5 Å². The zero-order valence-corrected chi connectivity index (χ0v) is 16.1. The monoisotopic (exact) mass is 427 g/mol. The molecule has 1 fully saturated rings. The molecule has 0 radical (unpaired) electrons. The highest BCUT2D eigenvalue weighted by Gasteiger charge is 2.52. The summed E-state index contributed by atoms with van der Waals surface area (Å²) in [7, 11) is 1.77. The van der Waals surface area contributed by atoms with Gasteiger partial charge in [-0.3, -0.25) is 0 Å². The lowest BCUT2D eigenvalue weighted by molar-refractivity contribution is -0.137. The van der Waals surface area contributed by atoms with E-state index < -0.39 is 17.2 Å². The number of benzene rings is 2. The third-order valence-electron chi connectivity index (χ3n) is 4.87. The Morgan fingerprint density at radius 3 is 2.18 bits per heavy atom. The van der Waals surface area contributed by atoms with Crippen LogP contribution in [0, 0.1) is 0 Å². The molecule has 28 heavy (non-hydrogen) atoms. The number of alkyl halides is 3. The molecule has 4 nitrogen and oxygen atoms in total. The minimum Gasteiger partial charge on any atom is -0.388 e. The van der Waals surface area contributed by atoms with Crippen molar-refractivity contribution in [2.45, 2.75) is 24.4 Å². The maximum absolute atomic E-state index is 12.7. The van der Waals surface area contributed by atoms with Crippen LogP contribution in [0.3, 0.4) is 0 Å². The van der Waals surface area contributed by atoms with Crippen molar-refractivity contribution in [2.24, 2.45) is 0 Å².